The third-order valence-electron chi connectivity index (χ3n) is 6.50. The van der Waals surface area contributed by atoms with Gasteiger partial charge in [-0.3, -0.25) is 14.6 Å². The third kappa shape index (κ3) is 6.31. The molecule has 1 aliphatic heterocycles. The average molecular weight is 575 g/mol. The number of aryl methyl sites for hydroxylation is 1. The van der Waals surface area contributed by atoms with E-state index in [1.165, 1.54) is 10.6 Å². The van der Waals surface area contributed by atoms with Gasteiger partial charge in [0.15, 0.2) is 4.77 Å². The lowest BCUT2D eigenvalue weighted by Gasteiger charge is -2.27. The molecule has 0 bridgehead atoms. The van der Waals surface area contributed by atoms with E-state index in [4.69, 9.17) is 44.9 Å². The predicted octanol–water partition coefficient (Wildman–Crippen LogP) is 6.82. The van der Waals surface area contributed by atoms with Gasteiger partial charge in [-0.2, -0.15) is 18.3 Å². The van der Waals surface area contributed by atoms with Crippen LogP contribution in [0.1, 0.15) is 41.3 Å². The summed E-state index contributed by atoms with van der Waals surface area (Å²) in [6.45, 7) is 5.83. The number of methoxy groups -OCH3 is 1. The first-order valence-electron chi connectivity index (χ1n) is 11.8. The molecule has 6 nitrogen and oxygen atoms in total. The number of rotatable bonds is 8. The monoisotopic (exact) mass is 574 g/mol. The Labute approximate surface area is 228 Å². The zero-order valence-electron chi connectivity index (χ0n) is 20.4. The molecule has 37 heavy (non-hydrogen) atoms. The number of alkyl halides is 3. The van der Waals surface area contributed by atoms with E-state index in [1.807, 2.05) is 25.1 Å². The number of benzene rings is 2. The molecular weight excluding hydrogens is 548 g/mol. The van der Waals surface area contributed by atoms with Crippen LogP contribution in [-0.4, -0.2) is 59.6 Å². The molecule has 1 aliphatic rings. The van der Waals surface area contributed by atoms with Crippen LogP contribution in [-0.2, 0) is 10.9 Å². The molecule has 0 spiro atoms. The summed E-state index contributed by atoms with van der Waals surface area (Å²) in [5, 5.41) is 6.90. The van der Waals surface area contributed by atoms with Gasteiger partial charge >= 0.3 is 6.18 Å². The number of ether oxygens (including phenoxy) is 2. The first-order chi connectivity index (χ1) is 17.6. The maximum atomic E-state index is 14.1. The topological polar surface area (TPSA) is 55.3 Å². The van der Waals surface area contributed by atoms with Gasteiger partial charge in [-0.25, -0.2) is 0 Å². The normalized spacial score (nSPS) is 15.6. The van der Waals surface area contributed by atoms with E-state index in [9.17, 15) is 13.2 Å². The van der Waals surface area contributed by atoms with Crippen molar-refractivity contribution in [3.05, 3.63) is 67.7 Å². The predicted molar refractivity (Wildman–Crippen MR) is 140 cm³/mol. The molecule has 0 aliphatic carbocycles. The highest BCUT2D eigenvalue weighted by atomic mass is 35.5. The highest BCUT2D eigenvalue weighted by Crippen LogP contribution is 2.40. The van der Waals surface area contributed by atoms with Gasteiger partial charge in [0.2, 0.25) is 0 Å². The van der Waals surface area contributed by atoms with E-state index in [0.29, 0.717) is 31.2 Å². The van der Waals surface area contributed by atoms with Crippen LogP contribution in [0.25, 0.3) is 5.69 Å². The second-order valence-electron chi connectivity index (χ2n) is 8.88. The molecule has 2 heterocycles. The van der Waals surface area contributed by atoms with Crippen molar-refractivity contribution in [3.8, 4) is 11.4 Å². The summed E-state index contributed by atoms with van der Waals surface area (Å²) in [4.78, 5) is 2.31. The van der Waals surface area contributed by atoms with E-state index in [-0.39, 0.29) is 26.4 Å². The van der Waals surface area contributed by atoms with Crippen LogP contribution in [0.15, 0.2) is 30.3 Å². The smallest absolute Gasteiger partial charge is 0.418 e. The summed E-state index contributed by atoms with van der Waals surface area (Å²) >= 11 is 17.6. The van der Waals surface area contributed by atoms with Crippen molar-refractivity contribution in [3.63, 3.8) is 0 Å². The second-order valence-corrected chi connectivity index (χ2v) is 10.1. The van der Waals surface area contributed by atoms with E-state index in [2.05, 4.69) is 15.1 Å². The molecule has 1 aromatic heterocycles. The van der Waals surface area contributed by atoms with E-state index >= 15 is 0 Å². The fraction of sp³-hybridized carbons (Fsp3) is 0.440. The number of halogens is 5. The quantitative estimate of drug-likeness (QED) is 0.299. The highest BCUT2D eigenvalue weighted by molar-refractivity contribution is 7.71. The van der Waals surface area contributed by atoms with Gasteiger partial charge in [0.25, 0.3) is 0 Å². The van der Waals surface area contributed by atoms with Crippen LogP contribution < -0.4 is 4.74 Å². The number of nitrogens with zero attached hydrogens (tertiary/aromatic N) is 3. The van der Waals surface area contributed by atoms with Crippen molar-refractivity contribution in [2.45, 2.75) is 31.9 Å². The molecule has 1 atom stereocenters. The van der Waals surface area contributed by atoms with E-state index < -0.39 is 11.7 Å². The minimum atomic E-state index is -4.69. The molecule has 1 fully saturated rings. The minimum absolute atomic E-state index is 0.0143. The summed E-state index contributed by atoms with van der Waals surface area (Å²) < 4.78 is 54.5. The molecule has 12 heteroatoms. The Morgan fingerprint density at radius 1 is 1.16 bits per heavy atom. The molecule has 1 saturated heterocycles. The number of aromatic amines is 1. The minimum Gasteiger partial charge on any atom is -0.496 e. The molecule has 3 aromatic rings. The fourth-order valence-corrected chi connectivity index (χ4v) is 5.13. The van der Waals surface area contributed by atoms with Crippen LogP contribution in [0.4, 0.5) is 13.2 Å². The lowest BCUT2D eigenvalue weighted by atomic mass is 9.91. The third-order valence-corrected chi connectivity index (χ3v) is 7.50. The number of morpholine rings is 1. The zero-order valence-corrected chi connectivity index (χ0v) is 22.7. The van der Waals surface area contributed by atoms with Crippen molar-refractivity contribution in [2.24, 2.45) is 0 Å². The number of hydrogen-bond acceptors (Lipinski definition) is 5. The van der Waals surface area contributed by atoms with Crippen LogP contribution in [0.2, 0.25) is 10.0 Å². The van der Waals surface area contributed by atoms with Gasteiger partial charge < -0.3 is 9.47 Å². The highest BCUT2D eigenvalue weighted by Gasteiger charge is 2.36. The van der Waals surface area contributed by atoms with Gasteiger partial charge in [-0.05, 0) is 67.9 Å². The summed E-state index contributed by atoms with van der Waals surface area (Å²) in [5.74, 6) is 0.655. The summed E-state index contributed by atoms with van der Waals surface area (Å²) in [7, 11) is 1.58. The largest absolute Gasteiger partial charge is 0.496 e. The number of hydrogen-bond donors (Lipinski definition) is 1. The van der Waals surface area contributed by atoms with Crippen LogP contribution >= 0.6 is 35.4 Å². The van der Waals surface area contributed by atoms with Crippen molar-refractivity contribution in [2.75, 3.05) is 40.0 Å². The van der Waals surface area contributed by atoms with E-state index in [0.717, 1.165) is 43.2 Å². The Hall–Kier alpha value is -2.11. The summed E-state index contributed by atoms with van der Waals surface area (Å²) in [6, 6.07) is 7.77. The van der Waals surface area contributed by atoms with Gasteiger partial charge in [-0.1, -0.05) is 35.3 Å². The first kappa shape index (κ1) is 27.9. The second kappa shape index (κ2) is 11.7. The Balaban J connectivity index is 1.80. The lowest BCUT2D eigenvalue weighted by Crippen LogP contribution is -2.36. The molecular formula is C25H27Cl2F3N4O2S. The van der Waals surface area contributed by atoms with Crippen LogP contribution in [0.5, 0.6) is 5.75 Å². The van der Waals surface area contributed by atoms with Crippen molar-refractivity contribution in [1.82, 2.24) is 19.7 Å². The summed E-state index contributed by atoms with van der Waals surface area (Å²) in [5.41, 5.74) is 0.622. The van der Waals surface area contributed by atoms with Crippen LogP contribution in [0, 0.1) is 11.7 Å². The lowest BCUT2D eigenvalue weighted by molar-refractivity contribution is -0.137. The molecule has 1 unspecified atom stereocenters. The summed E-state index contributed by atoms with van der Waals surface area (Å²) in [6.07, 6.45) is -3.29. The first-order valence-corrected chi connectivity index (χ1v) is 12.9. The van der Waals surface area contributed by atoms with Gasteiger partial charge in [0.05, 0.1) is 41.6 Å². The molecule has 4 rings (SSSR count). The van der Waals surface area contributed by atoms with Gasteiger partial charge in [0.1, 0.15) is 11.6 Å². The van der Waals surface area contributed by atoms with Crippen molar-refractivity contribution < 1.29 is 22.6 Å². The maximum Gasteiger partial charge on any atom is 0.418 e. The standard InChI is InChI=1S/C25H27Cl2F3N4O2S/c1-15-5-6-16(12-22(15)35-2)17(4-3-7-33-8-10-36-11-9-33)23-31-32-24(37)34(23)21-14-20(27)19(26)13-18(21)25(28,29)30/h5-6,12-14,17H,3-4,7-11H2,1-2H3,(H,32,37). The number of aromatic nitrogens is 3. The SMILES string of the molecule is COc1cc(C(CCCN2CCOCC2)c2n[nH]c(=S)n2-c2cc(Cl)c(Cl)cc2C(F)(F)F)ccc1C. The van der Waals surface area contributed by atoms with Crippen molar-refractivity contribution >= 4 is 35.4 Å². The molecule has 0 amide bonds. The number of H-pyrrole nitrogens is 1. The maximum absolute atomic E-state index is 14.1. The average Bonchev–Trinajstić information content (AvgIpc) is 3.24. The van der Waals surface area contributed by atoms with Gasteiger partial charge in [-0.15, -0.1) is 0 Å². The Morgan fingerprint density at radius 3 is 2.54 bits per heavy atom. The Kier molecular flexibility index (Phi) is 8.85. The molecule has 1 N–H and O–H groups in total. The fourth-order valence-electron chi connectivity index (χ4n) is 4.57. The van der Waals surface area contributed by atoms with Crippen molar-refractivity contribution in [1.29, 1.82) is 0 Å². The molecule has 2 aromatic carbocycles. The number of nitrogens with one attached hydrogen (secondary N) is 1. The molecule has 200 valence electrons. The molecule has 0 saturated carbocycles. The zero-order chi connectivity index (χ0) is 26.7. The molecule has 0 radical (unpaired) electrons. The van der Waals surface area contributed by atoms with E-state index in [1.54, 1.807) is 7.11 Å². The Morgan fingerprint density at radius 2 is 1.86 bits per heavy atom. The van der Waals surface area contributed by atoms with Gasteiger partial charge in [0, 0.05) is 19.0 Å². The Bertz CT molecular complexity index is 1310. The van der Waals surface area contributed by atoms with Crippen LogP contribution in [0.3, 0.4) is 0 Å².